The van der Waals surface area contributed by atoms with Gasteiger partial charge in [0, 0.05) is 31.3 Å². The standard InChI is InChI=1S/C21H19N3O4/c1-12-4-6-13(7-5-12)18-23-16-9-8-14(10-17(16)24-18)22-11-15-19(25)27-21(2,3)28-20(15)26/h4-11,22H,1-3H3,(H,23,24). The number of esters is 2. The molecule has 0 aliphatic carbocycles. The van der Waals surface area contributed by atoms with E-state index in [0.717, 1.165) is 22.4 Å². The first kappa shape index (κ1) is 17.8. The van der Waals surface area contributed by atoms with E-state index in [-0.39, 0.29) is 5.57 Å². The number of nitrogens with zero attached hydrogens (tertiary/aromatic N) is 1. The number of aromatic nitrogens is 2. The lowest BCUT2D eigenvalue weighted by atomic mass is 10.1. The fourth-order valence-electron chi connectivity index (χ4n) is 2.88. The predicted octanol–water partition coefficient (Wildman–Crippen LogP) is 3.67. The topological polar surface area (TPSA) is 93.3 Å². The van der Waals surface area contributed by atoms with Crippen LogP contribution in [-0.4, -0.2) is 27.7 Å². The highest BCUT2D eigenvalue weighted by molar-refractivity contribution is 6.15. The number of H-pyrrole nitrogens is 1. The van der Waals surface area contributed by atoms with Gasteiger partial charge in [0.15, 0.2) is 5.57 Å². The maximum absolute atomic E-state index is 12.0. The van der Waals surface area contributed by atoms with Gasteiger partial charge in [0.2, 0.25) is 0 Å². The minimum atomic E-state index is -1.26. The molecule has 2 N–H and O–H groups in total. The molecule has 0 spiro atoms. The Morgan fingerprint density at radius 1 is 1.04 bits per heavy atom. The highest BCUT2D eigenvalue weighted by atomic mass is 16.7. The number of rotatable bonds is 3. The molecular formula is C21H19N3O4. The molecule has 28 heavy (non-hydrogen) atoms. The molecule has 3 aromatic rings. The maximum Gasteiger partial charge on any atom is 0.350 e. The van der Waals surface area contributed by atoms with Gasteiger partial charge in [-0.2, -0.15) is 0 Å². The van der Waals surface area contributed by atoms with Gasteiger partial charge in [0.1, 0.15) is 5.82 Å². The number of carbonyl (C=O) groups excluding carboxylic acids is 2. The van der Waals surface area contributed by atoms with Crippen molar-refractivity contribution >= 4 is 28.7 Å². The number of ether oxygens (including phenoxy) is 2. The van der Waals surface area contributed by atoms with Crippen molar-refractivity contribution in [3.63, 3.8) is 0 Å². The normalized spacial score (nSPS) is 15.9. The largest absolute Gasteiger partial charge is 0.419 e. The Morgan fingerprint density at radius 2 is 1.71 bits per heavy atom. The summed E-state index contributed by atoms with van der Waals surface area (Å²) in [4.78, 5) is 31.9. The number of aryl methyl sites for hydroxylation is 1. The number of hydrogen-bond donors (Lipinski definition) is 2. The average Bonchev–Trinajstić information content (AvgIpc) is 3.04. The van der Waals surface area contributed by atoms with E-state index >= 15 is 0 Å². The fourth-order valence-corrected chi connectivity index (χ4v) is 2.88. The number of hydrogen-bond acceptors (Lipinski definition) is 6. The Morgan fingerprint density at radius 3 is 2.39 bits per heavy atom. The molecule has 0 radical (unpaired) electrons. The average molecular weight is 377 g/mol. The van der Waals surface area contributed by atoms with Gasteiger partial charge in [-0.1, -0.05) is 29.8 Å². The van der Waals surface area contributed by atoms with Crippen molar-refractivity contribution in [2.75, 3.05) is 5.32 Å². The summed E-state index contributed by atoms with van der Waals surface area (Å²) in [5.74, 6) is -1.93. The zero-order valence-corrected chi connectivity index (χ0v) is 15.7. The van der Waals surface area contributed by atoms with Crippen molar-refractivity contribution in [2.45, 2.75) is 26.6 Å². The molecule has 2 heterocycles. The minimum Gasteiger partial charge on any atom is -0.419 e. The van der Waals surface area contributed by atoms with Gasteiger partial charge < -0.3 is 19.8 Å². The quantitative estimate of drug-likeness (QED) is 0.411. The van der Waals surface area contributed by atoms with E-state index in [4.69, 9.17) is 9.47 Å². The van der Waals surface area contributed by atoms with Gasteiger partial charge in [-0.15, -0.1) is 0 Å². The van der Waals surface area contributed by atoms with Crippen LogP contribution in [0.2, 0.25) is 0 Å². The first-order valence-electron chi connectivity index (χ1n) is 8.81. The highest BCUT2D eigenvalue weighted by Gasteiger charge is 2.38. The van der Waals surface area contributed by atoms with Crippen LogP contribution in [-0.2, 0) is 19.1 Å². The second-order valence-corrected chi connectivity index (χ2v) is 7.06. The first-order chi connectivity index (χ1) is 13.3. The van der Waals surface area contributed by atoms with Crippen molar-refractivity contribution in [3.05, 3.63) is 59.8 Å². The zero-order chi connectivity index (χ0) is 19.9. The summed E-state index contributed by atoms with van der Waals surface area (Å²) >= 11 is 0. The molecule has 0 atom stereocenters. The summed E-state index contributed by atoms with van der Waals surface area (Å²) in [5, 5.41) is 2.94. The molecule has 1 fully saturated rings. The number of benzene rings is 2. The Bertz CT molecular complexity index is 1090. The Labute approximate surface area is 161 Å². The summed E-state index contributed by atoms with van der Waals surface area (Å²) in [6, 6.07) is 13.6. The summed E-state index contributed by atoms with van der Waals surface area (Å²) in [6.45, 7) is 5.05. The molecule has 0 bridgehead atoms. The van der Waals surface area contributed by atoms with Crippen molar-refractivity contribution in [1.29, 1.82) is 0 Å². The van der Waals surface area contributed by atoms with Gasteiger partial charge in [-0.3, -0.25) is 0 Å². The lowest BCUT2D eigenvalue weighted by molar-refractivity contribution is -0.222. The van der Waals surface area contributed by atoms with Crippen LogP contribution >= 0.6 is 0 Å². The lowest BCUT2D eigenvalue weighted by Crippen LogP contribution is -2.42. The number of anilines is 1. The first-order valence-corrected chi connectivity index (χ1v) is 8.81. The monoisotopic (exact) mass is 377 g/mol. The van der Waals surface area contributed by atoms with Gasteiger partial charge in [-0.05, 0) is 25.1 Å². The van der Waals surface area contributed by atoms with Crippen molar-refractivity contribution in [3.8, 4) is 11.4 Å². The van der Waals surface area contributed by atoms with Crippen LogP contribution in [0.3, 0.4) is 0 Å². The number of carbonyl (C=O) groups is 2. The van der Waals surface area contributed by atoms with Crippen LogP contribution in [0.25, 0.3) is 22.4 Å². The molecule has 7 heteroatoms. The third kappa shape index (κ3) is 3.46. The number of aromatic amines is 1. The van der Waals surface area contributed by atoms with Gasteiger partial charge in [0.05, 0.1) is 11.0 Å². The molecule has 4 rings (SSSR count). The van der Waals surface area contributed by atoms with Crippen molar-refractivity contribution in [2.24, 2.45) is 0 Å². The smallest absolute Gasteiger partial charge is 0.350 e. The molecule has 142 valence electrons. The molecule has 1 aliphatic heterocycles. The Kier molecular flexibility index (Phi) is 4.15. The van der Waals surface area contributed by atoms with Crippen LogP contribution in [0.15, 0.2) is 54.2 Å². The molecule has 7 nitrogen and oxygen atoms in total. The van der Waals surface area contributed by atoms with Crippen LogP contribution in [0.5, 0.6) is 0 Å². The molecule has 1 saturated heterocycles. The van der Waals surface area contributed by atoms with Crippen LogP contribution in [0.4, 0.5) is 5.69 Å². The van der Waals surface area contributed by atoms with E-state index in [0.29, 0.717) is 5.69 Å². The molecular weight excluding hydrogens is 358 g/mol. The number of cyclic esters (lactones) is 2. The minimum absolute atomic E-state index is 0.190. The third-order valence-corrected chi connectivity index (χ3v) is 4.31. The van der Waals surface area contributed by atoms with E-state index in [1.165, 1.54) is 25.6 Å². The molecule has 2 aromatic carbocycles. The fraction of sp³-hybridized carbons (Fsp3) is 0.190. The summed E-state index contributed by atoms with van der Waals surface area (Å²) in [6.07, 6.45) is 1.29. The lowest BCUT2D eigenvalue weighted by Gasteiger charge is -2.29. The van der Waals surface area contributed by atoms with E-state index in [1.54, 1.807) is 0 Å². The molecule has 1 aromatic heterocycles. The van der Waals surface area contributed by atoms with Crippen LogP contribution < -0.4 is 5.32 Å². The third-order valence-electron chi connectivity index (χ3n) is 4.31. The molecule has 0 saturated carbocycles. The second kappa shape index (κ2) is 6.53. The number of nitrogens with one attached hydrogen (secondary N) is 2. The van der Waals surface area contributed by atoms with Crippen LogP contribution in [0.1, 0.15) is 19.4 Å². The second-order valence-electron chi connectivity index (χ2n) is 7.06. The summed E-state index contributed by atoms with van der Waals surface area (Å²) in [7, 11) is 0. The van der Waals surface area contributed by atoms with E-state index in [1.807, 2.05) is 49.4 Å². The zero-order valence-electron chi connectivity index (χ0n) is 15.7. The number of fused-ring (bicyclic) bond motifs is 1. The van der Waals surface area contributed by atoms with Gasteiger partial charge in [0.25, 0.3) is 5.79 Å². The number of imidazole rings is 1. The predicted molar refractivity (Wildman–Crippen MR) is 104 cm³/mol. The van der Waals surface area contributed by atoms with E-state index in [9.17, 15) is 9.59 Å². The summed E-state index contributed by atoms with van der Waals surface area (Å²) < 4.78 is 10.1. The maximum atomic E-state index is 12.0. The van der Waals surface area contributed by atoms with Crippen LogP contribution in [0, 0.1) is 6.92 Å². The van der Waals surface area contributed by atoms with E-state index < -0.39 is 17.7 Å². The van der Waals surface area contributed by atoms with E-state index in [2.05, 4.69) is 15.3 Å². The highest BCUT2D eigenvalue weighted by Crippen LogP contribution is 2.25. The molecule has 1 aliphatic rings. The van der Waals surface area contributed by atoms with Gasteiger partial charge >= 0.3 is 11.9 Å². The Hall–Kier alpha value is -3.61. The summed E-state index contributed by atoms with van der Waals surface area (Å²) in [5.41, 5.74) is 4.31. The SMILES string of the molecule is Cc1ccc(-c2nc3ccc(NC=C4C(=O)OC(C)(C)OC4=O)cc3[nH]2)cc1. The molecule has 0 amide bonds. The van der Waals surface area contributed by atoms with Crippen molar-refractivity contribution in [1.82, 2.24) is 9.97 Å². The molecule has 0 unspecified atom stereocenters. The van der Waals surface area contributed by atoms with Gasteiger partial charge in [-0.25, -0.2) is 14.6 Å². The van der Waals surface area contributed by atoms with Crippen molar-refractivity contribution < 1.29 is 19.1 Å². The Balaban J connectivity index is 1.57.